The third kappa shape index (κ3) is 1.78. The number of nitrogens with zero attached hydrogens (tertiary/aromatic N) is 2. The molecule has 0 spiro atoms. The Labute approximate surface area is 103 Å². The fourth-order valence-electron chi connectivity index (χ4n) is 1.94. The van der Waals surface area contributed by atoms with E-state index in [0.717, 1.165) is 10.9 Å². The molecule has 0 saturated carbocycles. The number of benzene rings is 2. The van der Waals surface area contributed by atoms with E-state index < -0.39 is 5.97 Å². The van der Waals surface area contributed by atoms with Gasteiger partial charge >= 0.3 is 5.97 Å². The molecule has 1 atom stereocenters. The molecule has 0 saturated heterocycles. The van der Waals surface area contributed by atoms with Gasteiger partial charge in [0.05, 0.1) is 16.3 Å². The number of carboxylic acid groups (broad SMARTS) is 1. The second-order valence-corrected chi connectivity index (χ2v) is 4.05. The number of fused-ring (bicyclic) bond motifs is 1. The monoisotopic (exact) mass is 238 g/mol. The molecule has 0 amide bonds. The van der Waals surface area contributed by atoms with Gasteiger partial charge in [0.1, 0.15) is 0 Å². The lowest BCUT2D eigenvalue weighted by Crippen LogP contribution is -2.22. The van der Waals surface area contributed by atoms with E-state index in [1.54, 1.807) is 18.2 Å². The van der Waals surface area contributed by atoms with E-state index in [0.29, 0.717) is 5.36 Å². The van der Waals surface area contributed by atoms with Crippen LogP contribution < -0.4 is 10.7 Å². The summed E-state index contributed by atoms with van der Waals surface area (Å²) < 4.78 is 0. The molecule has 2 aromatic carbocycles. The quantitative estimate of drug-likeness (QED) is 0.858. The van der Waals surface area contributed by atoms with Crippen molar-refractivity contribution in [2.75, 3.05) is 0 Å². The van der Waals surface area contributed by atoms with Crippen molar-refractivity contribution < 1.29 is 9.90 Å². The highest BCUT2D eigenvalue weighted by atomic mass is 16.4. The lowest BCUT2D eigenvalue weighted by Gasteiger charge is -2.02. The molecule has 18 heavy (non-hydrogen) atoms. The Morgan fingerprint density at radius 1 is 1.00 bits per heavy atom. The second-order valence-electron chi connectivity index (χ2n) is 4.05. The van der Waals surface area contributed by atoms with Gasteiger partial charge in [-0.15, -0.1) is 0 Å². The van der Waals surface area contributed by atoms with E-state index in [4.69, 9.17) is 5.11 Å². The van der Waals surface area contributed by atoms with Crippen LogP contribution in [0.3, 0.4) is 0 Å². The molecule has 2 aromatic rings. The first kappa shape index (κ1) is 10.7. The molecular formula is C14H10N2O2. The molecular weight excluding hydrogens is 228 g/mol. The maximum Gasteiger partial charge on any atom is 0.335 e. The number of aromatic carboxylic acids is 1. The van der Waals surface area contributed by atoms with Crippen molar-refractivity contribution in [3.63, 3.8) is 0 Å². The summed E-state index contributed by atoms with van der Waals surface area (Å²) in [5.74, 6) is -0.948. The number of carboxylic acids is 1. The zero-order valence-corrected chi connectivity index (χ0v) is 9.45. The van der Waals surface area contributed by atoms with Crippen LogP contribution in [0.5, 0.6) is 0 Å². The highest BCUT2D eigenvalue weighted by Gasteiger charge is 2.13. The first-order valence-corrected chi connectivity index (χ1v) is 5.58. The molecule has 1 N–H and O–H groups in total. The zero-order chi connectivity index (χ0) is 12.5. The van der Waals surface area contributed by atoms with Gasteiger partial charge in [-0.2, -0.15) is 0 Å². The molecule has 0 radical (unpaired) electrons. The van der Waals surface area contributed by atoms with Crippen LogP contribution in [0.4, 0.5) is 0 Å². The van der Waals surface area contributed by atoms with Crippen molar-refractivity contribution in [2.24, 2.45) is 9.98 Å². The smallest absolute Gasteiger partial charge is 0.335 e. The average molecular weight is 238 g/mol. The van der Waals surface area contributed by atoms with Gasteiger partial charge in [0.15, 0.2) is 6.17 Å². The van der Waals surface area contributed by atoms with Crippen molar-refractivity contribution >= 4 is 5.97 Å². The Kier molecular flexibility index (Phi) is 2.41. The minimum Gasteiger partial charge on any atom is -0.478 e. The van der Waals surface area contributed by atoms with Crippen molar-refractivity contribution in [3.8, 4) is 0 Å². The molecule has 1 unspecified atom stereocenters. The second kappa shape index (κ2) is 4.07. The Hall–Kier alpha value is -2.49. The van der Waals surface area contributed by atoms with Gasteiger partial charge in [-0.25, -0.2) is 4.79 Å². The Morgan fingerprint density at radius 3 is 2.44 bits per heavy atom. The lowest BCUT2D eigenvalue weighted by molar-refractivity contribution is 0.0696. The molecule has 1 aliphatic heterocycles. The fourth-order valence-corrected chi connectivity index (χ4v) is 1.94. The lowest BCUT2D eigenvalue weighted by atomic mass is 10.2. The van der Waals surface area contributed by atoms with Gasteiger partial charge in [0, 0.05) is 0 Å². The maximum atomic E-state index is 10.9. The maximum absolute atomic E-state index is 10.9. The molecule has 88 valence electrons. The van der Waals surface area contributed by atoms with Gasteiger partial charge in [-0.05, 0) is 23.8 Å². The minimum absolute atomic E-state index is 0.237. The molecule has 0 aromatic heterocycles. The van der Waals surface area contributed by atoms with Crippen molar-refractivity contribution in [1.82, 2.24) is 0 Å². The predicted octanol–water partition coefficient (Wildman–Crippen LogP) is 1.34. The molecule has 0 bridgehead atoms. The Bertz CT molecular complexity index is 723. The molecule has 1 aliphatic rings. The highest BCUT2D eigenvalue weighted by molar-refractivity contribution is 5.87. The summed E-state index contributed by atoms with van der Waals surface area (Å²) in [7, 11) is 0. The Balaban J connectivity index is 2.08. The van der Waals surface area contributed by atoms with Crippen LogP contribution in [0.15, 0.2) is 58.5 Å². The summed E-state index contributed by atoms with van der Waals surface area (Å²) in [6, 6.07) is 14.5. The van der Waals surface area contributed by atoms with Gasteiger partial charge in [0.25, 0.3) is 0 Å². The third-order valence-corrected chi connectivity index (χ3v) is 2.84. The van der Waals surface area contributed by atoms with Gasteiger partial charge in [-0.1, -0.05) is 30.3 Å². The molecule has 1 heterocycles. The van der Waals surface area contributed by atoms with E-state index in [1.807, 2.05) is 30.3 Å². The normalized spacial score (nSPS) is 16.6. The van der Waals surface area contributed by atoms with Crippen molar-refractivity contribution in [1.29, 1.82) is 0 Å². The minimum atomic E-state index is -0.948. The molecule has 0 fully saturated rings. The van der Waals surface area contributed by atoms with Crippen LogP contribution in [0.2, 0.25) is 0 Å². The number of hydrogen-bond donors (Lipinski definition) is 1. The summed E-state index contributed by atoms with van der Waals surface area (Å²) in [4.78, 5) is 19.8. The topological polar surface area (TPSA) is 62.0 Å². The third-order valence-electron chi connectivity index (χ3n) is 2.84. The van der Waals surface area contributed by atoms with E-state index >= 15 is 0 Å². The fraction of sp³-hybridized carbons (Fsp3) is 0.0714. The van der Waals surface area contributed by atoms with E-state index in [1.165, 1.54) is 0 Å². The first-order chi connectivity index (χ1) is 8.74. The standard InChI is InChI=1S/C14H10N2O2/c17-14(18)10-6-7-11-12(8-10)16-13(15-11)9-4-2-1-3-5-9/h1-8,13H,(H,17,18). The van der Waals surface area contributed by atoms with E-state index in [2.05, 4.69) is 9.98 Å². The van der Waals surface area contributed by atoms with Crippen molar-refractivity contribution in [3.05, 3.63) is 70.4 Å². The largest absolute Gasteiger partial charge is 0.478 e. The highest BCUT2D eigenvalue weighted by Crippen LogP contribution is 2.18. The molecule has 4 nitrogen and oxygen atoms in total. The molecule has 0 aliphatic carbocycles. The summed E-state index contributed by atoms with van der Waals surface area (Å²) in [6.45, 7) is 0. The summed E-state index contributed by atoms with van der Waals surface area (Å²) in [5.41, 5.74) is 1.24. The van der Waals surface area contributed by atoms with Crippen LogP contribution >= 0.6 is 0 Å². The van der Waals surface area contributed by atoms with Crippen molar-refractivity contribution in [2.45, 2.75) is 6.17 Å². The SMILES string of the molecule is O=C(O)c1ccc2c(c1)=NC(c1ccccc1)N=2. The summed E-state index contributed by atoms with van der Waals surface area (Å²) in [5, 5.41) is 10.3. The van der Waals surface area contributed by atoms with E-state index in [9.17, 15) is 4.79 Å². The van der Waals surface area contributed by atoms with Crippen LogP contribution in [0.1, 0.15) is 22.1 Å². The summed E-state index contributed by atoms with van der Waals surface area (Å²) >= 11 is 0. The number of rotatable bonds is 2. The number of carbonyl (C=O) groups is 1. The zero-order valence-electron chi connectivity index (χ0n) is 9.45. The van der Waals surface area contributed by atoms with Crippen LogP contribution in [-0.4, -0.2) is 11.1 Å². The Morgan fingerprint density at radius 2 is 1.72 bits per heavy atom. The van der Waals surface area contributed by atoms with Crippen LogP contribution in [0, 0.1) is 0 Å². The summed E-state index contributed by atoms with van der Waals surface area (Å²) in [6.07, 6.45) is -0.259. The van der Waals surface area contributed by atoms with Crippen LogP contribution in [0.25, 0.3) is 0 Å². The van der Waals surface area contributed by atoms with Gasteiger partial charge < -0.3 is 5.11 Å². The van der Waals surface area contributed by atoms with Gasteiger partial charge in [0.2, 0.25) is 0 Å². The molecule has 3 rings (SSSR count). The number of hydrogen-bond acceptors (Lipinski definition) is 3. The predicted molar refractivity (Wildman–Crippen MR) is 64.9 cm³/mol. The average Bonchev–Trinajstić information content (AvgIpc) is 2.82. The first-order valence-electron chi connectivity index (χ1n) is 5.58. The molecule has 4 heteroatoms. The van der Waals surface area contributed by atoms with Crippen LogP contribution in [-0.2, 0) is 0 Å². The van der Waals surface area contributed by atoms with Gasteiger partial charge in [-0.3, -0.25) is 9.98 Å². The van der Waals surface area contributed by atoms with E-state index in [-0.39, 0.29) is 11.7 Å².